The van der Waals surface area contributed by atoms with Gasteiger partial charge in [-0.25, -0.2) is 0 Å². The van der Waals surface area contributed by atoms with Gasteiger partial charge in [0.1, 0.15) is 16.8 Å². The summed E-state index contributed by atoms with van der Waals surface area (Å²) in [5, 5.41) is 8.97. The molecule has 0 N–H and O–H groups in total. The van der Waals surface area contributed by atoms with Crippen LogP contribution >= 0.6 is 0 Å². The fraction of sp³-hybridized carbons (Fsp3) is 0.133. The van der Waals surface area contributed by atoms with Gasteiger partial charge in [-0.15, -0.1) is 10.2 Å². The van der Waals surface area contributed by atoms with Crippen LogP contribution in [-0.4, -0.2) is 21.5 Å². The van der Waals surface area contributed by atoms with Gasteiger partial charge in [0.15, 0.2) is 0 Å². The zero-order valence-corrected chi connectivity index (χ0v) is 11.2. The van der Waals surface area contributed by atoms with Crippen LogP contribution in [0.4, 0.5) is 0 Å². The molecule has 0 unspecified atom stereocenters. The molecular weight excluding hydrogens is 254 g/mol. The number of carbonyl (C=O) groups is 1. The minimum Gasteiger partial charge on any atom is -0.429 e. The number of hydrogen-bond donors (Lipinski definition) is 0. The number of aromatic nitrogens is 3. The SMILES string of the molecule is Cc1cc(C)c2nn(-c3ccc(OC=O)cc3)nc2c1. The summed E-state index contributed by atoms with van der Waals surface area (Å²) < 4.78 is 4.76. The summed E-state index contributed by atoms with van der Waals surface area (Å²) in [6.45, 7) is 4.47. The maximum atomic E-state index is 10.3. The standard InChI is InChI=1S/C15H13N3O2/c1-10-7-11(2)15-14(8-10)16-18(17-15)12-3-5-13(6-4-12)20-9-19/h3-9H,1-2H3. The van der Waals surface area contributed by atoms with E-state index in [1.54, 1.807) is 29.1 Å². The average molecular weight is 267 g/mol. The number of ether oxygens (including phenoxy) is 1. The fourth-order valence-electron chi connectivity index (χ4n) is 2.19. The minimum atomic E-state index is 0.404. The van der Waals surface area contributed by atoms with E-state index >= 15 is 0 Å². The molecule has 0 aliphatic heterocycles. The highest BCUT2D eigenvalue weighted by Gasteiger charge is 2.07. The summed E-state index contributed by atoms with van der Waals surface area (Å²) in [4.78, 5) is 11.8. The lowest BCUT2D eigenvalue weighted by Gasteiger charge is -2.00. The number of nitrogens with zero attached hydrogens (tertiary/aromatic N) is 3. The van der Waals surface area contributed by atoms with Crippen LogP contribution in [0.1, 0.15) is 11.1 Å². The largest absolute Gasteiger partial charge is 0.429 e. The molecule has 0 saturated carbocycles. The average Bonchev–Trinajstić information content (AvgIpc) is 2.84. The Kier molecular flexibility index (Phi) is 2.95. The Hall–Kier alpha value is -2.69. The number of hydrogen-bond acceptors (Lipinski definition) is 4. The van der Waals surface area contributed by atoms with Gasteiger partial charge in [0, 0.05) is 0 Å². The molecule has 1 heterocycles. The molecule has 2 aromatic carbocycles. The van der Waals surface area contributed by atoms with Crippen molar-refractivity contribution in [1.29, 1.82) is 0 Å². The Morgan fingerprint density at radius 2 is 1.85 bits per heavy atom. The Bertz CT molecular complexity index is 776. The molecule has 3 rings (SSSR count). The molecule has 0 amide bonds. The molecule has 20 heavy (non-hydrogen) atoms. The summed E-state index contributed by atoms with van der Waals surface area (Å²) in [5.41, 5.74) is 4.85. The topological polar surface area (TPSA) is 57.0 Å². The van der Waals surface area contributed by atoms with Crippen molar-refractivity contribution in [3.8, 4) is 11.4 Å². The quantitative estimate of drug-likeness (QED) is 0.684. The molecule has 0 radical (unpaired) electrons. The Morgan fingerprint density at radius 3 is 2.55 bits per heavy atom. The van der Waals surface area contributed by atoms with Gasteiger partial charge in [-0.3, -0.25) is 4.79 Å². The van der Waals surface area contributed by atoms with Crippen molar-refractivity contribution in [2.45, 2.75) is 13.8 Å². The van der Waals surface area contributed by atoms with Crippen LogP contribution < -0.4 is 4.74 Å². The summed E-state index contributed by atoms with van der Waals surface area (Å²) in [5.74, 6) is 0.493. The Morgan fingerprint density at radius 1 is 1.10 bits per heavy atom. The number of fused-ring (bicyclic) bond motifs is 1. The molecule has 5 nitrogen and oxygen atoms in total. The second kappa shape index (κ2) is 4.77. The lowest BCUT2D eigenvalue weighted by molar-refractivity contribution is -0.120. The van der Waals surface area contributed by atoms with E-state index in [4.69, 9.17) is 4.74 Å². The van der Waals surface area contributed by atoms with Crippen LogP contribution in [0.5, 0.6) is 5.75 Å². The van der Waals surface area contributed by atoms with Crippen molar-refractivity contribution >= 4 is 17.5 Å². The van der Waals surface area contributed by atoms with Crippen molar-refractivity contribution in [3.05, 3.63) is 47.5 Å². The Balaban J connectivity index is 2.05. The molecule has 0 atom stereocenters. The van der Waals surface area contributed by atoms with Gasteiger partial charge in [-0.2, -0.15) is 4.80 Å². The summed E-state index contributed by atoms with van der Waals surface area (Å²) >= 11 is 0. The van der Waals surface area contributed by atoms with Crippen LogP contribution in [0.15, 0.2) is 36.4 Å². The lowest BCUT2D eigenvalue weighted by atomic mass is 10.1. The van der Waals surface area contributed by atoms with Crippen LogP contribution in [0.3, 0.4) is 0 Å². The van der Waals surface area contributed by atoms with E-state index in [9.17, 15) is 4.79 Å². The summed E-state index contributed by atoms with van der Waals surface area (Å²) in [7, 11) is 0. The third-order valence-electron chi connectivity index (χ3n) is 3.07. The van der Waals surface area contributed by atoms with Crippen molar-refractivity contribution in [1.82, 2.24) is 15.0 Å². The molecular formula is C15H13N3O2. The number of aryl methyl sites for hydroxylation is 2. The fourth-order valence-corrected chi connectivity index (χ4v) is 2.19. The number of benzene rings is 2. The molecule has 1 aromatic heterocycles. The number of rotatable bonds is 3. The van der Waals surface area contributed by atoms with E-state index < -0.39 is 0 Å². The van der Waals surface area contributed by atoms with Gasteiger partial charge in [0.25, 0.3) is 6.47 Å². The van der Waals surface area contributed by atoms with Crippen LogP contribution in [-0.2, 0) is 4.79 Å². The maximum Gasteiger partial charge on any atom is 0.298 e. The van der Waals surface area contributed by atoms with E-state index in [-0.39, 0.29) is 0 Å². The first-order chi connectivity index (χ1) is 9.67. The molecule has 3 aromatic rings. The van der Waals surface area contributed by atoms with E-state index in [2.05, 4.69) is 16.3 Å². The highest BCUT2D eigenvalue weighted by Crippen LogP contribution is 2.19. The van der Waals surface area contributed by atoms with Gasteiger partial charge in [-0.1, -0.05) is 6.07 Å². The monoisotopic (exact) mass is 267 g/mol. The first-order valence-electron chi connectivity index (χ1n) is 6.22. The molecule has 100 valence electrons. The predicted octanol–water partition coefficient (Wildman–Crippen LogP) is 2.57. The smallest absolute Gasteiger partial charge is 0.298 e. The lowest BCUT2D eigenvalue weighted by Crippen LogP contribution is -1.98. The van der Waals surface area contributed by atoms with Gasteiger partial charge < -0.3 is 4.74 Å². The van der Waals surface area contributed by atoms with E-state index in [1.807, 2.05) is 19.9 Å². The predicted molar refractivity (Wildman–Crippen MR) is 75.0 cm³/mol. The van der Waals surface area contributed by atoms with Gasteiger partial charge in [-0.05, 0) is 55.3 Å². The van der Waals surface area contributed by atoms with Gasteiger partial charge in [0.05, 0.1) is 5.69 Å². The van der Waals surface area contributed by atoms with Crippen LogP contribution in [0.2, 0.25) is 0 Å². The highest BCUT2D eigenvalue weighted by molar-refractivity contribution is 5.78. The normalized spacial score (nSPS) is 10.7. The second-order valence-corrected chi connectivity index (χ2v) is 4.65. The molecule has 0 aliphatic rings. The minimum absolute atomic E-state index is 0.404. The third-order valence-corrected chi connectivity index (χ3v) is 3.07. The molecule has 0 saturated heterocycles. The van der Waals surface area contributed by atoms with E-state index in [0.717, 1.165) is 27.8 Å². The second-order valence-electron chi connectivity index (χ2n) is 4.65. The third kappa shape index (κ3) is 2.14. The molecule has 5 heteroatoms. The molecule has 0 spiro atoms. The van der Waals surface area contributed by atoms with E-state index in [0.29, 0.717) is 12.2 Å². The van der Waals surface area contributed by atoms with Crippen LogP contribution in [0, 0.1) is 13.8 Å². The van der Waals surface area contributed by atoms with Crippen molar-refractivity contribution in [3.63, 3.8) is 0 Å². The first kappa shape index (κ1) is 12.3. The number of carbonyl (C=O) groups excluding carboxylic acids is 1. The Labute approximate surface area is 115 Å². The van der Waals surface area contributed by atoms with E-state index in [1.165, 1.54) is 0 Å². The van der Waals surface area contributed by atoms with Gasteiger partial charge in [0.2, 0.25) is 0 Å². The van der Waals surface area contributed by atoms with Crippen molar-refractivity contribution in [2.75, 3.05) is 0 Å². The van der Waals surface area contributed by atoms with Crippen molar-refractivity contribution in [2.24, 2.45) is 0 Å². The zero-order chi connectivity index (χ0) is 14.1. The molecule has 0 fully saturated rings. The van der Waals surface area contributed by atoms with Gasteiger partial charge >= 0.3 is 0 Å². The maximum absolute atomic E-state index is 10.3. The first-order valence-corrected chi connectivity index (χ1v) is 6.22. The van der Waals surface area contributed by atoms with Crippen LogP contribution in [0.25, 0.3) is 16.7 Å². The summed E-state index contributed by atoms with van der Waals surface area (Å²) in [6, 6.07) is 11.1. The molecule has 0 aliphatic carbocycles. The summed E-state index contributed by atoms with van der Waals surface area (Å²) in [6.07, 6.45) is 0. The zero-order valence-electron chi connectivity index (χ0n) is 11.2. The molecule has 0 bridgehead atoms. The highest BCUT2D eigenvalue weighted by atomic mass is 16.5. The van der Waals surface area contributed by atoms with Crippen molar-refractivity contribution < 1.29 is 9.53 Å².